The van der Waals surface area contributed by atoms with Crippen LogP contribution in [0.5, 0.6) is 11.6 Å². The Bertz CT molecular complexity index is 1530. The second-order valence-electron chi connectivity index (χ2n) is 6.10. The number of nitrogens with zero attached hydrogens (tertiary/aromatic N) is 6. The van der Waals surface area contributed by atoms with E-state index in [-0.39, 0.29) is 27.4 Å². The number of aromatic amines is 1. The smallest absolute Gasteiger partial charge is 0.349 e. The molecule has 4 rings (SSSR count). The Hall–Kier alpha value is -4.27. The van der Waals surface area contributed by atoms with Crippen LogP contribution in [0, 0.1) is 11.3 Å². The number of aromatic nitrogens is 6. The van der Waals surface area contributed by atoms with Gasteiger partial charge >= 0.3 is 5.69 Å². The zero-order valence-electron chi connectivity index (χ0n) is 15.7. The predicted octanol–water partition coefficient (Wildman–Crippen LogP) is 1.83. The monoisotopic (exact) mass is 469 g/mol. The number of benzene rings is 1. The number of pyridine rings is 1. The molecule has 0 unspecified atom stereocenters. The Morgan fingerprint density at radius 2 is 1.75 bits per heavy atom. The van der Waals surface area contributed by atoms with Crippen molar-refractivity contribution in [1.82, 2.24) is 29.5 Å². The normalized spacial score (nSPS) is 10.5. The molecular weight excluding hydrogens is 461 g/mol. The lowest BCUT2D eigenvalue weighted by atomic mass is 10.3. The van der Waals surface area contributed by atoms with Gasteiger partial charge in [-0.25, -0.2) is 4.79 Å². The highest BCUT2D eigenvalue weighted by Crippen LogP contribution is 2.37. The van der Waals surface area contributed by atoms with Gasteiger partial charge in [0.25, 0.3) is 11.1 Å². The number of rotatable bonds is 4. The van der Waals surface area contributed by atoms with Crippen LogP contribution >= 0.6 is 23.2 Å². The van der Waals surface area contributed by atoms with Gasteiger partial charge in [-0.1, -0.05) is 23.2 Å². The Morgan fingerprint density at radius 1 is 1.00 bits per heavy atom. The van der Waals surface area contributed by atoms with Gasteiger partial charge in [-0.2, -0.15) is 14.6 Å². The largest absolute Gasteiger partial charge is 0.434 e. The Balaban J connectivity index is 1.74. The lowest BCUT2D eigenvalue weighted by molar-refractivity contribution is 0.447. The van der Waals surface area contributed by atoms with E-state index in [0.717, 1.165) is 9.36 Å². The zero-order chi connectivity index (χ0) is 22.8. The number of halogens is 2. The molecule has 0 radical (unpaired) electrons. The van der Waals surface area contributed by atoms with E-state index in [1.807, 2.05) is 4.98 Å². The van der Waals surface area contributed by atoms with E-state index in [1.54, 1.807) is 24.4 Å². The molecular formula is C19H9Cl2N7O4. The quantitative estimate of drug-likeness (QED) is 0.475. The Kier molecular flexibility index (Phi) is 5.55. The molecule has 3 aromatic heterocycles. The van der Waals surface area contributed by atoms with Gasteiger partial charge in [0.05, 0.1) is 27.6 Å². The molecule has 158 valence electrons. The fourth-order valence-corrected chi connectivity index (χ4v) is 3.18. The first-order valence-corrected chi connectivity index (χ1v) is 9.45. The summed E-state index contributed by atoms with van der Waals surface area (Å²) in [5.74, 6) is 0.00931. The summed E-state index contributed by atoms with van der Waals surface area (Å²) < 4.78 is 7.52. The molecule has 0 saturated carbocycles. The van der Waals surface area contributed by atoms with Gasteiger partial charge in [-0.05, 0) is 24.3 Å². The van der Waals surface area contributed by atoms with E-state index >= 15 is 0 Å². The van der Waals surface area contributed by atoms with Crippen molar-refractivity contribution in [2.24, 2.45) is 0 Å². The summed E-state index contributed by atoms with van der Waals surface area (Å²) in [6.07, 6.45) is 3.01. The molecule has 3 heterocycles. The number of hydrogen-bond acceptors (Lipinski definition) is 8. The van der Waals surface area contributed by atoms with Crippen molar-refractivity contribution in [3.63, 3.8) is 0 Å². The van der Waals surface area contributed by atoms with Gasteiger partial charge in [0.2, 0.25) is 11.6 Å². The van der Waals surface area contributed by atoms with Gasteiger partial charge in [-0.15, -0.1) is 10.2 Å². The minimum absolute atomic E-state index is 0.000973. The van der Waals surface area contributed by atoms with E-state index in [0.29, 0.717) is 5.69 Å². The fraction of sp³-hybridized carbons (Fsp3) is 0. The van der Waals surface area contributed by atoms with Crippen molar-refractivity contribution in [1.29, 1.82) is 5.26 Å². The third-order valence-electron chi connectivity index (χ3n) is 4.03. The van der Waals surface area contributed by atoms with Gasteiger partial charge in [0.15, 0.2) is 5.75 Å². The first-order valence-electron chi connectivity index (χ1n) is 8.69. The van der Waals surface area contributed by atoms with Crippen LogP contribution in [0.1, 0.15) is 5.69 Å². The van der Waals surface area contributed by atoms with E-state index in [2.05, 4.69) is 15.2 Å². The molecule has 1 aromatic carbocycles. The maximum absolute atomic E-state index is 12.1. The van der Waals surface area contributed by atoms with E-state index < -0.39 is 22.5 Å². The van der Waals surface area contributed by atoms with Crippen LogP contribution in [-0.2, 0) is 0 Å². The number of ether oxygens (including phenoxy) is 1. The number of H-pyrrole nitrogens is 1. The maximum Gasteiger partial charge on any atom is 0.349 e. The van der Waals surface area contributed by atoms with E-state index in [4.69, 9.17) is 33.2 Å². The second-order valence-corrected chi connectivity index (χ2v) is 6.92. The second kappa shape index (κ2) is 8.46. The van der Waals surface area contributed by atoms with Gasteiger partial charge < -0.3 is 4.74 Å². The molecule has 0 atom stereocenters. The SMILES string of the molecule is N#Cc1nn(-c2cc(Cl)c(Oc3ccc(=O)n(-c4cccnc4)n3)c(Cl)c2)c(=O)[nH]c1=O. The van der Waals surface area contributed by atoms with E-state index in [9.17, 15) is 14.4 Å². The van der Waals surface area contributed by atoms with Crippen LogP contribution in [0.4, 0.5) is 0 Å². The molecule has 0 spiro atoms. The number of nitriles is 1. The van der Waals surface area contributed by atoms with Crippen molar-refractivity contribution in [3.05, 3.63) is 95.7 Å². The summed E-state index contributed by atoms with van der Waals surface area (Å²) >= 11 is 12.6. The lowest BCUT2D eigenvalue weighted by Crippen LogP contribution is -2.33. The molecule has 0 aliphatic carbocycles. The average Bonchev–Trinajstić information content (AvgIpc) is 2.78. The fourth-order valence-electron chi connectivity index (χ4n) is 2.63. The summed E-state index contributed by atoms with van der Waals surface area (Å²) in [6.45, 7) is 0. The van der Waals surface area contributed by atoms with Gasteiger partial charge in [0, 0.05) is 18.3 Å². The predicted molar refractivity (Wildman–Crippen MR) is 113 cm³/mol. The van der Waals surface area contributed by atoms with Crippen LogP contribution in [-0.4, -0.2) is 29.5 Å². The Labute approximate surface area is 187 Å². The maximum atomic E-state index is 12.1. The summed E-state index contributed by atoms with van der Waals surface area (Å²) in [5.41, 5.74) is -2.22. The van der Waals surface area contributed by atoms with Crippen molar-refractivity contribution in [2.45, 2.75) is 0 Å². The van der Waals surface area contributed by atoms with Crippen LogP contribution in [0.25, 0.3) is 11.4 Å². The molecule has 0 aliphatic rings. The summed E-state index contributed by atoms with van der Waals surface area (Å²) in [7, 11) is 0. The summed E-state index contributed by atoms with van der Waals surface area (Å²) in [5, 5.41) is 16.7. The molecule has 0 bridgehead atoms. The van der Waals surface area contributed by atoms with Crippen molar-refractivity contribution in [2.75, 3.05) is 0 Å². The molecule has 13 heteroatoms. The molecule has 4 aromatic rings. The average molecular weight is 470 g/mol. The molecule has 0 aliphatic heterocycles. The lowest BCUT2D eigenvalue weighted by Gasteiger charge is -2.12. The minimum Gasteiger partial charge on any atom is -0.434 e. The molecule has 32 heavy (non-hydrogen) atoms. The van der Waals surface area contributed by atoms with Crippen molar-refractivity contribution >= 4 is 23.2 Å². The van der Waals surface area contributed by atoms with Crippen LogP contribution in [0.15, 0.2) is 63.2 Å². The highest BCUT2D eigenvalue weighted by Gasteiger charge is 2.16. The first-order chi connectivity index (χ1) is 15.4. The molecule has 11 nitrogen and oxygen atoms in total. The standard InChI is InChI=1S/C19H9Cl2N7O4/c20-12-6-11(28-19(31)24-18(30)14(8-22)25-28)7-13(21)17(12)32-15-3-4-16(29)27(26-15)10-2-1-5-23-9-10/h1-7,9H,(H,24,30,31). The number of nitrogens with one attached hydrogen (secondary N) is 1. The highest BCUT2D eigenvalue weighted by atomic mass is 35.5. The van der Waals surface area contributed by atoms with Crippen LogP contribution < -0.4 is 21.5 Å². The molecule has 0 amide bonds. The number of hydrogen-bond donors (Lipinski definition) is 1. The van der Waals surface area contributed by atoms with Crippen molar-refractivity contribution in [3.8, 4) is 29.1 Å². The summed E-state index contributed by atoms with van der Waals surface area (Å²) in [6, 6.07) is 10.1. The van der Waals surface area contributed by atoms with Crippen LogP contribution in [0.3, 0.4) is 0 Å². The third kappa shape index (κ3) is 4.00. The minimum atomic E-state index is -0.916. The topological polar surface area (TPSA) is 149 Å². The molecule has 1 N–H and O–H groups in total. The summed E-state index contributed by atoms with van der Waals surface area (Å²) in [4.78, 5) is 41.7. The molecule has 0 saturated heterocycles. The molecule has 0 fully saturated rings. The first kappa shape index (κ1) is 21.0. The van der Waals surface area contributed by atoms with Crippen molar-refractivity contribution < 1.29 is 4.74 Å². The third-order valence-corrected chi connectivity index (χ3v) is 4.60. The van der Waals surface area contributed by atoms with Crippen LogP contribution in [0.2, 0.25) is 10.0 Å². The van der Waals surface area contributed by atoms with Gasteiger partial charge in [-0.3, -0.25) is 19.6 Å². The Morgan fingerprint density at radius 3 is 2.41 bits per heavy atom. The zero-order valence-corrected chi connectivity index (χ0v) is 17.2. The van der Waals surface area contributed by atoms with E-state index in [1.165, 1.54) is 30.5 Å². The highest BCUT2D eigenvalue weighted by molar-refractivity contribution is 6.37. The van der Waals surface area contributed by atoms with Gasteiger partial charge in [0.1, 0.15) is 6.07 Å².